The topological polar surface area (TPSA) is 47.6 Å². The lowest BCUT2D eigenvalue weighted by Gasteiger charge is -2.24. The lowest BCUT2D eigenvalue weighted by Crippen LogP contribution is -2.41. The average molecular weight is 285 g/mol. The summed E-state index contributed by atoms with van der Waals surface area (Å²) in [5, 5.41) is 3.11. The van der Waals surface area contributed by atoms with E-state index in [-0.39, 0.29) is 6.61 Å². The van der Waals surface area contributed by atoms with E-state index in [2.05, 4.69) is 5.32 Å². The van der Waals surface area contributed by atoms with Crippen molar-refractivity contribution in [3.05, 3.63) is 66.2 Å². The minimum absolute atomic E-state index is 0.230. The number of carbonyl (C=O) groups excluding carboxylic acids is 1. The zero-order chi connectivity index (χ0) is 15.1. The zero-order valence-corrected chi connectivity index (χ0v) is 12.2. The van der Waals surface area contributed by atoms with E-state index >= 15 is 0 Å². The molecule has 110 valence electrons. The second kappa shape index (κ2) is 6.90. The Hall–Kier alpha value is -2.33. The van der Waals surface area contributed by atoms with Gasteiger partial charge in [0.1, 0.15) is 12.1 Å². The molecule has 0 spiro atoms. The molecule has 2 rings (SSSR count). The molecule has 0 saturated heterocycles. The Morgan fingerprint density at radius 2 is 1.57 bits per heavy atom. The van der Waals surface area contributed by atoms with Crippen LogP contribution in [0, 0.1) is 0 Å². The van der Waals surface area contributed by atoms with Crippen molar-refractivity contribution >= 4 is 11.7 Å². The van der Waals surface area contributed by atoms with Crippen LogP contribution in [0.25, 0.3) is 0 Å². The van der Waals surface area contributed by atoms with Crippen LogP contribution in [0.1, 0.15) is 19.4 Å². The maximum Gasteiger partial charge on any atom is 0.366 e. The van der Waals surface area contributed by atoms with Gasteiger partial charge in [0.2, 0.25) is 0 Å². The fourth-order valence-electron chi connectivity index (χ4n) is 1.76. The second-order valence-corrected chi connectivity index (χ2v) is 5.23. The third-order valence-corrected chi connectivity index (χ3v) is 2.94. The molecule has 0 saturated carbocycles. The first-order valence-corrected chi connectivity index (χ1v) is 6.79. The third kappa shape index (κ3) is 4.61. The number of hydrogen-bond acceptors (Lipinski definition) is 4. The van der Waals surface area contributed by atoms with Crippen LogP contribution >= 0.6 is 0 Å². The number of nitrogens with one attached hydrogen (secondary N) is 1. The molecule has 2 aromatic rings. The molecule has 0 radical (unpaired) electrons. The normalized spacial score (nSPS) is 11.0. The molecule has 0 bridgehead atoms. The Labute approximate surface area is 124 Å². The SMILES string of the molecule is CC(C)(Nc1ccccc1)C(=O)OOCc1ccccc1. The van der Waals surface area contributed by atoms with Crippen molar-refractivity contribution in [3.63, 3.8) is 0 Å². The first-order chi connectivity index (χ1) is 10.1. The van der Waals surface area contributed by atoms with Crippen molar-refractivity contribution in [2.24, 2.45) is 0 Å². The number of benzene rings is 2. The minimum Gasteiger partial charge on any atom is -0.370 e. The summed E-state index contributed by atoms with van der Waals surface area (Å²) in [7, 11) is 0. The third-order valence-electron chi connectivity index (χ3n) is 2.94. The summed E-state index contributed by atoms with van der Waals surface area (Å²) in [6.07, 6.45) is 0. The van der Waals surface area contributed by atoms with Crippen LogP contribution in [0.15, 0.2) is 60.7 Å². The first-order valence-electron chi connectivity index (χ1n) is 6.79. The van der Waals surface area contributed by atoms with Gasteiger partial charge in [-0.15, -0.1) is 0 Å². The number of anilines is 1. The largest absolute Gasteiger partial charge is 0.370 e. The summed E-state index contributed by atoms with van der Waals surface area (Å²) in [4.78, 5) is 21.9. The molecule has 4 nitrogen and oxygen atoms in total. The summed E-state index contributed by atoms with van der Waals surface area (Å²) < 4.78 is 0. The quantitative estimate of drug-likeness (QED) is 0.651. The van der Waals surface area contributed by atoms with E-state index in [1.54, 1.807) is 13.8 Å². The van der Waals surface area contributed by atoms with E-state index < -0.39 is 11.5 Å². The van der Waals surface area contributed by atoms with Gasteiger partial charge in [0.15, 0.2) is 0 Å². The van der Waals surface area contributed by atoms with E-state index in [9.17, 15) is 4.79 Å². The lowest BCUT2D eigenvalue weighted by atomic mass is 10.1. The Balaban J connectivity index is 1.84. The van der Waals surface area contributed by atoms with E-state index in [0.29, 0.717) is 0 Å². The molecule has 4 heteroatoms. The Bertz CT molecular complexity index is 567. The van der Waals surface area contributed by atoms with Gasteiger partial charge < -0.3 is 5.32 Å². The van der Waals surface area contributed by atoms with Crippen LogP contribution in [0.3, 0.4) is 0 Å². The van der Waals surface area contributed by atoms with Crippen molar-refractivity contribution < 1.29 is 14.6 Å². The van der Waals surface area contributed by atoms with E-state index in [0.717, 1.165) is 11.3 Å². The van der Waals surface area contributed by atoms with Gasteiger partial charge in [-0.2, -0.15) is 4.89 Å². The number of para-hydroxylation sites is 1. The van der Waals surface area contributed by atoms with Gasteiger partial charge in [0.25, 0.3) is 0 Å². The summed E-state index contributed by atoms with van der Waals surface area (Å²) in [5.41, 5.74) is 0.916. The molecular weight excluding hydrogens is 266 g/mol. The van der Waals surface area contributed by atoms with Gasteiger partial charge in [-0.05, 0) is 31.5 Å². The van der Waals surface area contributed by atoms with Crippen molar-refractivity contribution in [2.75, 3.05) is 5.32 Å². The van der Waals surface area contributed by atoms with Crippen LogP contribution in [0.2, 0.25) is 0 Å². The van der Waals surface area contributed by atoms with Gasteiger partial charge in [-0.1, -0.05) is 48.5 Å². The van der Waals surface area contributed by atoms with Crippen LogP contribution in [0.5, 0.6) is 0 Å². The molecule has 2 aromatic carbocycles. The van der Waals surface area contributed by atoms with Crippen LogP contribution in [0.4, 0.5) is 5.69 Å². The highest BCUT2D eigenvalue weighted by Crippen LogP contribution is 2.16. The molecule has 0 aliphatic carbocycles. The Morgan fingerprint density at radius 3 is 2.19 bits per heavy atom. The van der Waals surface area contributed by atoms with Crippen molar-refractivity contribution in [1.29, 1.82) is 0 Å². The van der Waals surface area contributed by atoms with Gasteiger partial charge in [-0.3, -0.25) is 4.89 Å². The van der Waals surface area contributed by atoms with Crippen molar-refractivity contribution in [2.45, 2.75) is 26.0 Å². The fraction of sp³-hybridized carbons (Fsp3) is 0.235. The molecule has 0 unspecified atom stereocenters. The van der Waals surface area contributed by atoms with Crippen molar-refractivity contribution in [3.8, 4) is 0 Å². The van der Waals surface area contributed by atoms with Crippen LogP contribution in [-0.2, 0) is 21.2 Å². The highest BCUT2D eigenvalue weighted by molar-refractivity contribution is 5.83. The Kier molecular flexibility index (Phi) is 4.95. The predicted octanol–water partition coefficient (Wildman–Crippen LogP) is 3.55. The number of carbonyl (C=O) groups is 1. The summed E-state index contributed by atoms with van der Waals surface area (Å²) in [6.45, 7) is 3.72. The average Bonchev–Trinajstić information content (AvgIpc) is 2.49. The van der Waals surface area contributed by atoms with Gasteiger partial charge in [-0.25, -0.2) is 4.79 Å². The first kappa shape index (κ1) is 15.1. The smallest absolute Gasteiger partial charge is 0.366 e. The minimum atomic E-state index is -0.877. The molecule has 0 amide bonds. The van der Waals surface area contributed by atoms with Crippen LogP contribution in [-0.4, -0.2) is 11.5 Å². The molecule has 0 aliphatic rings. The maximum atomic E-state index is 12.0. The van der Waals surface area contributed by atoms with Gasteiger partial charge >= 0.3 is 5.97 Å². The molecule has 21 heavy (non-hydrogen) atoms. The van der Waals surface area contributed by atoms with Crippen LogP contribution < -0.4 is 5.32 Å². The predicted molar refractivity (Wildman–Crippen MR) is 81.5 cm³/mol. The van der Waals surface area contributed by atoms with Crippen molar-refractivity contribution in [1.82, 2.24) is 0 Å². The van der Waals surface area contributed by atoms with Gasteiger partial charge in [0.05, 0.1) is 0 Å². The summed E-state index contributed by atoms with van der Waals surface area (Å²) in [5.74, 6) is -0.470. The number of rotatable bonds is 6. The van der Waals surface area contributed by atoms with E-state index in [1.807, 2.05) is 60.7 Å². The summed E-state index contributed by atoms with van der Waals surface area (Å²) in [6, 6.07) is 19.0. The highest BCUT2D eigenvalue weighted by Gasteiger charge is 2.30. The second-order valence-electron chi connectivity index (χ2n) is 5.23. The molecular formula is C17H19NO3. The fourth-order valence-corrected chi connectivity index (χ4v) is 1.76. The van der Waals surface area contributed by atoms with E-state index in [4.69, 9.17) is 9.78 Å². The molecule has 0 aromatic heterocycles. The molecule has 0 atom stereocenters. The Morgan fingerprint density at radius 1 is 1.00 bits per heavy atom. The lowest BCUT2D eigenvalue weighted by molar-refractivity contribution is -0.283. The standard InChI is InChI=1S/C17H19NO3/c1-17(2,18-15-11-7-4-8-12-15)16(19)21-20-13-14-9-5-3-6-10-14/h3-12,18H,13H2,1-2H3. The van der Waals surface area contributed by atoms with E-state index in [1.165, 1.54) is 0 Å². The maximum absolute atomic E-state index is 12.0. The molecule has 0 fully saturated rings. The molecule has 0 heterocycles. The number of hydrogen-bond donors (Lipinski definition) is 1. The summed E-state index contributed by atoms with van der Waals surface area (Å²) >= 11 is 0. The highest BCUT2D eigenvalue weighted by atomic mass is 17.2. The monoisotopic (exact) mass is 285 g/mol. The zero-order valence-electron chi connectivity index (χ0n) is 12.2. The molecule has 0 aliphatic heterocycles. The molecule has 1 N–H and O–H groups in total. The van der Waals surface area contributed by atoms with Gasteiger partial charge in [0, 0.05) is 5.69 Å².